The molecule has 2 fully saturated rings. The van der Waals surface area contributed by atoms with Crippen LogP contribution in [0.15, 0.2) is 24.5 Å². The van der Waals surface area contributed by atoms with Crippen LogP contribution in [0.3, 0.4) is 0 Å². The zero-order valence-electron chi connectivity index (χ0n) is 17.1. The lowest BCUT2D eigenvalue weighted by molar-refractivity contribution is -0.138. The summed E-state index contributed by atoms with van der Waals surface area (Å²) < 4.78 is 0. The monoisotopic (exact) mass is 379 g/mol. The van der Waals surface area contributed by atoms with Gasteiger partial charge < -0.3 is 9.80 Å². The van der Waals surface area contributed by atoms with E-state index in [-0.39, 0.29) is 11.3 Å². The Hall–Kier alpha value is -2.50. The van der Waals surface area contributed by atoms with E-state index in [0.717, 1.165) is 55.3 Å². The van der Waals surface area contributed by atoms with Gasteiger partial charge in [-0.1, -0.05) is 0 Å². The van der Waals surface area contributed by atoms with Crippen molar-refractivity contribution in [2.75, 3.05) is 24.5 Å². The van der Waals surface area contributed by atoms with Crippen molar-refractivity contribution >= 4 is 11.6 Å². The molecule has 148 valence electrons. The summed E-state index contributed by atoms with van der Waals surface area (Å²) in [6, 6.07) is 4.36. The summed E-state index contributed by atoms with van der Waals surface area (Å²) in [5.41, 5.74) is 5.31. The van der Waals surface area contributed by atoms with E-state index >= 15 is 0 Å². The van der Waals surface area contributed by atoms with E-state index in [0.29, 0.717) is 13.0 Å². The van der Waals surface area contributed by atoms with Gasteiger partial charge in [-0.3, -0.25) is 19.7 Å². The minimum atomic E-state index is 0.162. The van der Waals surface area contributed by atoms with Crippen LogP contribution in [0.4, 0.5) is 5.69 Å². The lowest BCUT2D eigenvalue weighted by atomic mass is 9.73. The number of piperidine rings is 2. The SMILES string of the molecule is Cc1cnc(CN2C[C@@]3(CCCN(c4cc(C)nc(C)c4)C3)CCC2=O)cn1. The average molecular weight is 380 g/mol. The molecule has 0 bridgehead atoms. The fourth-order valence-electron chi connectivity index (χ4n) is 4.70. The maximum atomic E-state index is 12.6. The largest absolute Gasteiger partial charge is 0.371 e. The number of rotatable bonds is 3. The van der Waals surface area contributed by atoms with Crippen LogP contribution in [0.1, 0.15) is 48.5 Å². The summed E-state index contributed by atoms with van der Waals surface area (Å²) in [5.74, 6) is 0.237. The highest BCUT2D eigenvalue weighted by Gasteiger charge is 2.42. The van der Waals surface area contributed by atoms with E-state index in [1.54, 1.807) is 12.4 Å². The number of aryl methyl sites for hydroxylation is 3. The molecule has 28 heavy (non-hydrogen) atoms. The molecule has 2 aliphatic rings. The molecule has 1 amide bonds. The molecule has 0 aliphatic carbocycles. The van der Waals surface area contributed by atoms with Gasteiger partial charge in [0.2, 0.25) is 5.91 Å². The Morgan fingerprint density at radius 3 is 2.50 bits per heavy atom. The molecule has 4 heterocycles. The highest BCUT2D eigenvalue weighted by molar-refractivity contribution is 5.77. The standard InChI is InChI=1S/C22H29N5O/c1-16-9-20(10-17(2)25-16)26-8-4-6-22(14-26)7-5-21(28)27(15-22)13-19-12-23-18(3)11-24-19/h9-12H,4-8,13-15H2,1-3H3/t22-/m0/s1. The van der Waals surface area contributed by atoms with Crippen molar-refractivity contribution in [3.8, 4) is 0 Å². The van der Waals surface area contributed by atoms with E-state index in [1.807, 2.05) is 11.8 Å². The van der Waals surface area contributed by atoms with Gasteiger partial charge in [-0.15, -0.1) is 0 Å². The predicted molar refractivity (Wildman–Crippen MR) is 109 cm³/mol. The Morgan fingerprint density at radius 1 is 1.00 bits per heavy atom. The second kappa shape index (κ2) is 7.49. The normalized spacial score (nSPS) is 22.8. The van der Waals surface area contributed by atoms with Crippen LogP contribution in [0.5, 0.6) is 0 Å². The minimum Gasteiger partial charge on any atom is -0.371 e. The van der Waals surface area contributed by atoms with E-state index in [4.69, 9.17) is 0 Å². The van der Waals surface area contributed by atoms with Gasteiger partial charge in [-0.2, -0.15) is 0 Å². The zero-order chi connectivity index (χ0) is 19.7. The van der Waals surface area contributed by atoms with Crippen molar-refractivity contribution in [2.45, 2.75) is 53.0 Å². The van der Waals surface area contributed by atoms with Crippen LogP contribution in [0, 0.1) is 26.2 Å². The van der Waals surface area contributed by atoms with Crippen LogP contribution in [-0.2, 0) is 11.3 Å². The lowest BCUT2D eigenvalue weighted by Gasteiger charge is -2.49. The van der Waals surface area contributed by atoms with Crippen LogP contribution >= 0.6 is 0 Å². The molecule has 2 aromatic heterocycles. The number of amides is 1. The molecule has 2 aliphatic heterocycles. The van der Waals surface area contributed by atoms with Crippen LogP contribution in [0.25, 0.3) is 0 Å². The third-order valence-electron chi connectivity index (χ3n) is 6.03. The Kier molecular flexibility index (Phi) is 5.04. The topological polar surface area (TPSA) is 62.2 Å². The molecule has 1 atom stereocenters. The molecule has 6 nitrogen and oxygen atoms in total. The number of likely N-dealkylation sites (tertiary alicyclic amines) is 1. The first-order valence-electron chi connectivity index (χ1n) is 10.2. The second-order valence-electron chi connectivity index (χ2n) is 8.53. The number of carbonyl (C=O) groups is 1. The number of hydrogen-bond donors (Lipinski definition) is 0. The summed E-state index contributed by atoms with van der Waals surface area (Å²) >= 11 is 0. The third kappa shape index (κ3) is 4.01. The van der Waals surface area contributed by atoms with Gasteiger partial charge in [0.15, 0.2) is 0 Å². The van der Waals surface area contributed by atoms with E-state index in [1.165, 1.54) is 12.1 Å². The van der Waals surface area contributed by atoms with Crippen molar-refractivity contribution in [3.63, 3.8) is 0 Å². The number of aromatic nitrogens is 3. The zero-order valence-corrected chi connectivity index (χ0v) is 17.1. The van der Waals surface area contributed by atoms with Crippen molar-refractivity contribution < 1.29 is 4.79 Å². The highest BCUT2D eigenvalue weighted by Crippen LogP contribution is 2.40. The summed E-state index contributed by atoms with van der Waals surface area (Å²) in [6.07, 6.45) is 7.50. The number of nitrogens with zero attached hydrogens (tertiary/aromatic N) is 5. The molecule has 0 saturated carbocycles. The van der Waals surface area contributed by atoms with Crippen LogP contribution in [0.2, 0.25) is 0 Å². The minimum absolute atomic E-state index is 0.162. The smallest absolute Gasteiger partial charge is 0.222 e. The molecule has 4 rings (SSSR count). The number of anilines is 1. The second-order valence-corrected chi connectivity index (χ2v) is 8.53. The van der Waals surface area contributed by atoms with Gasteiger partial charge in [0.1, 0.15) is 0 Å². The van der Waals surface area contributed by atoms with Crippen molar-refractivity contribution in [3.05, 3.63) is 47.3 Å². The van der Waals surface area contributed by atoms with Gasteiger partial charge in [0.25, 0.3) is 0 Å². The fraction of sp³-hybridized carbons (Fsp3) is 0.545. The molecule has 0 radical (unpaired) electrons. The third-order valence-corrected chi connectivity index (χ3v) is 6.03. The first-order valence-corrected chi connectivity index (χ1v) is 10.2. The highest BCUT2D eigenvalue weighted by atomic mass is 16.2. The fourth-order valence-corrected chi connectivity index (χ4v) is 4.70. The molecular formula is C22H29N5O. The number of carbonyl (C=O) groups excluding carboxylic acids is 1. The molecule has 1 spiro atoms. The quantitative estimate of drug-likeness (QED) is 0.819. The van der Waals surface area contributed by atoms with Crippen LogP contribution < -0.4 is 4.90 Å². The van der Waals surface area contributed by atoms with Crippen LogP contribution in [-0.4, -0.2) is 45.4 Å². The first-order chi connectivity index (χ1) is 13.4. The predicted octanol–water partition coefficient (Wildman–Crippen LogP) is 3.21. The molecule has 2 saturated heterocycles. The van der Waals surface area contributed by atoms with Gasteiger partial charge in [-0.25, -0.2) is 0 Å². The Morgan fingerprint density at radius 2 is 1.79 bits per heavy atom. The maximum absolute atomic E-state index is 12.6. The van der Waals surface area contributed by atoms with Gasteiger partial charge in [0, 0.05) is 54.7 Å². The molecule has 0 aromatic carbocycles. The number of pyridine rings is 1. The molecule has 6 heteroatoms. The summed E-state index contributed by atoms with van der Waals surface area (Å²) in [4.78, 5) is 30.4. The summed E-state index contributed by atoms with van der Waals surface area (Å²) in [5, 5.41) is 0. The van der Waals surface area contributed by atoms with E-state index in [2.05, 4.69) is 45.8 Å². The molecular weight excluding hydrogens is 350 g/mol. The molecule has 0 unspecified atom stereocenters. The lowest BCUT2D eigenvalue weighted by Crippen LogP contribution is -2.54. The molecule has 2 aromatic rings. The van der Waals surface area contributed by atoms with Crippen molar-refractivity contribution in [2.24, 2.45) is 5.41 Å². The summed E-state index contributed by atoms with van der Waals surface area (Å²) in [6.45, 7) is 9.47. The van der Waals surface area contributed by atoms with Crippen molar-refractivity contribution in [1.82, 2.24) is 19.9 Å². The Bertz CT molecular complexity index is 845. The Balaban J connectivity index is 1.51. The van der Waals surface area contributed by atoms with Gasteiger partial charge >= 0.3 is 0 Å². The maximum Gasteiger partial charge on any atom is 0.222 e. The van der Waals surface area contributed by atoms with Gasteiger partial charge in [-0.05, 0) is 52.2 Å². The van der Waals surface area contributed by atoms with E-state index in [9.17, 15) is 4.79 Å². The average Bonchev–Trinajstić information content (AvgIpc) is 2.66. The van der Waals surface area contributed by atoms with Gasteiger partial charge in [0.05, 0.1) is 24.1 Å². The Labute approximate surface area is 167 Å². The molecule has 0 N–H and O–H groups in total. The number of hydrogen-bond acceptors (Lipinski definition) is 5. The summed E-state index contributed by atoms with van der Waals surface area (Å²) in [7, 11) is 0. The first kappa shape index (κ1) is 18.8. The van der Waals surface area contributed by atoms with Crippen molar-refractivity contribution in [1.29, 1.82) is 0 Å². The van der Waals surface area contributed by atoms with E-state index < -0.39 is 0 Å².